The number of hydrogen-bond donors (Lipinski definition) is 1. The van der Waals surface area contributed by atoms with Crippen LogP contribution < -0.4 is 10.2 Å². The third-order valence-electron chi connectivity index (χ3n) is 5.64. The van der Waals surface area contributed by atoms with Gasteiger partial charge in [-0.3, -0.25) is 19.3 Å². The quantitative estimate of drug-likeness (QED) is 0.588. The average molecular weight is 409 g/mol. The minimum Gasteiger partial charge on any atom is -0.322 e. The molecule has 3 amide bonds. The first-order valence-electron chi connectivity index (χ1n) is 9.56. The van der Waals surface area contributed by atoms with Crippen LogP contribution in [0.1, 0.15) is 35.7 Å². The van der Waals surface area contributed by atoms with E-state index in [0.29, 0.717) is 34.8 Å². The molecular formula is C23H21ClN2O3. The maximum Gasteiger partial charge on any atom is 0.255 e. The number of fused-ring (bicyclic) bond motifs is 1. The molecule has 2 aromatic carbocycles. The van der Waals surface area contributed by atoms with E-state index in [1.807, 2.05) is 26.0 Å². The van der Waals surface area contributed by atoms with Gasteiger partial charge in [0, 0.05) is 16.3 Å². The fraction of sp³-hybridized carbons (Fsp3) is 0.261. The van der Waals surface area contributed by atoms with E-state index in [4.69, 9.17) is 11.6 Å². The van der Waals surface area contributed by atoms with E-state index >= 15 is 0 Å². The van der Waals surface area contributed by atoms with E-state index in [2.05, 4.69) is 5.32 Å². The highest BCUT2D eigenvalue weighted by atomic mass is 35.5. The van der Waals surface area contributed by atoms with E-state index in [1.165, 1.54) is 4.90 Å². The van der Waals surface area contributed by atoms with Crippen molar-refractivity contribution in [2.45, 2.75) is 26.7 Å². The molecule has 29 heavy (non-hydrogen) atoms. The zero-order valence-electron chi connectivity index (χ0n) is 16.2. The molecular weight excluding hydrogens is 388 g/mol. The fourth-order valence-electron chi connectivity index (χ4n) is 4.00. The van der Waals surface area contributed by atoms with Crippen LogP contribution in [0.2, 0.25) is 5.02 Å². The predicted octanol–water partition coefficient (Wildman–Crippen LogP) is 4.75. The second kappa shape index (κ2) is 7.48. The van der Waals surface area contributed by atoms with Gasteiger partial charge in [0.1, 0.15) is 0 Å². The Balaban J connectivity index is 1.59. The number of halogens is 1. The lowest BCUT2D eigenvalue weighted by Crippen LogP contribution is -2.31. The molecule has 1 N–H and O–H groups in total. The summed E-state index contributed by atoms with van der Waals surface area (Å²) < 4.78 is 0. The Morgan fingerprint density at radius 3 is 2.62 bits per heavy atom. The number of benzene rings is 2. The molecule has 0 saturated carbocycles. The van der Waals surface area contributed by atoms with Crippen LogP contribution in [0.3, 0.4) is 0 Å². The molecule has 1 aliphatic heterocycles. The highest BCUT2D eigenvalue weighted by Crippen LogP contribution is 2.39. The second-order valence-corrected chi connectivity index (χ2v) is 8.12. The molecule has 0 bridgehead atoms. The number of nitrogens with zero attached hydrogens (tertiary/aromatic N) is 1. The smallest absolute Gasteiger partial charge is 0.255 e. The van der Waals surface area contributed by atoms with Crippen molar-refractivity contribution in [3.05, 3.63) is 70.3 Å². The molecule has 6 heteroatoms. The molecule has 0 radical (unpaired) electrons. The Morgan fingerprint density at radius 2 is 1.83 bits per heavy atom. The van der Waals surface area contributed by atoms with Gasteiger partial charge in [0.15, 0.2) is 0 Å². The number of amides is 3. The summed E-state index contributed by atoms with van der Waals surface area (Å²) in [6.45, 7) is 3.86. The van der Waals surface area contributed by atoms with Crippen molar-refractivity contribution in [1.82, 2.24) is 0 Å². The summed E-state index contributed by atoms with van der Waals surface area (Å²) in [7, 11) is 0. The van der Waals surface area contributed by atoms with Gasteiger partial charge in [-0.05, 0) is 62.6 Å². The second-order valence-electron chi connectivity index (χ2n) is 7.68. The fourth-order valence-corrected chi connectivity index (χ4v) is 4.17. The molecule has 5 nitrogen and oxygen atoms in total. The number of imide groups is 1. The number of aryl methyl sites for hydroxylation is 1. The van der Waals surface area contributed by atoms with Gasteiger partial charge in [-0.15, -0.1) is 0 Å². The Bertz CT molecular complexity index is 1060. The summed E-state index contributed by atoms with van der Waals surface area (Å²) in [5.74, 6) is -1.31. The zero-order chi connectivity index (χ0) is 20.7. The van der Waals surface area contributed by atoms with Crippen LogP contribution in [-0.2, 0) is 9.59 Å². The molecule has 1 fully saturated rings. The van der Waals surface area contributed by atoms with Crippen LogP contribution >= 0.6 is 11.6 Å². The Morgan fingerprint density at radius 1 is 1.07 bits per heavy atom. The van der Waals surface area contributed by atoms with Crippen molar-refractivity contribution in [2.24, 2.45) is 11.8 Å². The van der Waals surface area contributed by atoms with Crippen molar-refractivity contribution in [3.8, 4) is 0 Å². The van der Waals surface area contributed by atoms with Crippen molar-refractivity contribution in [2.75, 3.05) is 10.2 Å². The molecule has 2 aliphatic rings. The maximum absolute atomic E-state index is 12.9. The van der Waals surface area contributed by atoms with E-state index in [-0.39, 0.29) is 29.6 Å². The normalized spacial score (nSPS) is 21.1. The van der Waals surface area contributed by atoms with Gasteiger partial charge < -0.3 is 5.32 Å². The largest absolute Gasteiger partial charge is 0.322 e. The van der Waals surface area contributed by atoms with Crippen LogP contribution in [0, 0.1) is 18.8 Å². The van der Waals surface area contributed by atoms with Gasteiger partial charge in [-0.1, -0.05) is 35.4 Å². The number of carbonyl (C=O) groups excluding carboxylic acids is 3. The van der Waals surface area contributed by atoms with Crippen molar-refractivity contribution < 1.29 is 14.4 Å². The van der Waals surface area contributed by atoms with Crippen LogP contribution in [0.25, 0.3) is 0 Å². The molecule has 4 rings (SSSR count). The minimum absolute atomic E-state index is 0.185. The number of allylic oxidation sites excluding steroid dienone is 2. The standard InChI is InChI=1S/C23H21ClN2O3/c1-13-6-9-18-19(10-13)23(29)26(22(18)28)17-5-3-4-15(11-17)21(27)25-20-12-16(24)8-7-14(20)2/h3-8,11-12,18-19H,9-10H2,1-2H3,(H,25,27)/t18-,19+/m0/s1. The lowest BCUT2D eigenvalue weighted by atomic mass is 9.82. The summed E-state index contributed by atoms with van der Waals surface area (Å²) in [6.07, 6.45) is 3.23. The van der Waals surface area contributed by atoms with Crippen LogP contribution in [0.4, 0.5) is 11.4 Å². The number of rotatable bonds is 3. The average Bonchev–Trinajstić information content (AvgIpc) is 2.94. The number of nitrogens with one attached hydrogen (secondary N) is 1. The van der Waals surface area contributed by atoms with Gasteiger partial charge in [0.2, 0.25) is 11.8 Å². The molecule has 2 aromatic rings. The summed E-state index contributed by atoms with van der Waals surface area (Å²) in [4.78, 5) is 39.8. The first-order valence-corrected chi connectivity index (χ1v) is 9.94. The Hall–Kier alpha value is -2.92. The summed E-state index contributed by atoms with van der Waals surface area (Å²) in [5.41, 5.74) is 3.44. The first kappa shape index (κ1) is 19.4. The van der Waals surface area contributed by atoms with Gasteiger partial charge in [-0.2, -0.15) is 0 Å². The van der Waals surface area contributed by atoms with E-state index in [9.17, 15) is 14.4 Å². The number of hydrogen-bond acceptors (Lipinski definition) is 3. The highest BCUT2D eigenvalue weighted by molar-refractivity contribution is 6.31. The van der Waals surface area contributed by atoms with E-state index < -0.39 is 0 Å². The molecule has 148 valence electrons. The van der Waals surface area contributed by atoms with Crippen LogP contribution in [0.5, 0.6) is 0 Å². The summed E-state index contributed by atoms with van der Waals surface area (Å²) >= 11 is 6.02. The summed E-state index contributed by atoms with van der Waals surface area (Å²) in [6, 6.07) is 11.9. The lowest BCUT2D eigenvalue weighted by Gasteiger charge is -2.18. The topological polar surface area (TPSA) is 66.5 Å². The lowest BCUT2D eigenvalue weighted by molar-refractivity contribution is -0.122. The Labute approximate surface area is 174 Å². The zero-order valence-corrected chi connectivity index (χ0v) is 17.0. The van der Waals surface area contributed by atoms with Crippen molar-refractivity contribution in [3.63, 3.8) is 0 Å². The minimum atomic E-state index is -0.328. The third-order valence-corrected chi connectivity index (χ3v) is 5.87. The molecule has 2 atom stereocenters. The highest BCUT2D eigenvalue weighted by Gasteiger charge is 2.48. The van der Waals surface area contributed by atoms with Gasteiger partial charge in [-0.25, -0.2) is 0 Å². The molecule has 0 spiro atoms. The van der Waals surface area contributed by atoms with Gasteiger partial charge in [0.25, 0.3) is 5.91 Å². The first-order chi connectivity index (χ1) is 13.8. The molecule has 0 aromatic heterocycles. The molecule has 0 unspecified atom stereocenters. The predicted molar refractivity (Wildman–Crippen MR) is 113 cm³/mol. The Kier molecular flexibility index (Phi) is 5.01. The van der Waals surface area contributed by atoms with Crippen LogP contribution in [0.15, 0.2) is 54.1 Å². The van der Waals surface area contributed by atoms with E-state index in [1.54, 1.807) is 36.4 Å². The van der Waals surface area contributed by atoms with Gasteiger partial charge in [0.05, 0.1) is 17.5 Å². The molecule has 1 heterocycles. The molecule has 1 saturated heterocycles. The van der Waals surface area contributed by atoms with E-state index in [0.717, 1.165) is 11.1 Å². The summed E-state index contributed by atoms with van der Waals surface area (Å²) in [5, 5.41) is 3.37. The van der Waals surface area contributed by atoms with Gasteiger partial charge >= 0.3 is 0 Å². The molecule has 1 aliphatic carbocycles. The van der Waals surface area contributed by atoms with Crippen molar-refractivity contribution in [1.29, 1.82) is 0 Å². The SMILES string of the molecule is CC1=CC[C@@H]2C(=O)N(c3cccc(C(=O)Nc4cc(Cl)ccc4C)c3)C(=O)[C@@H]2C1. The van der Waals surface area contributed by atoms with Crippen LogP contribution in [-0.4, -0.2) is 17.7 Å². The third kappa shape index (κ3) is 3.58. The maximum atomic E-state index is 12.9. The number of carbonyl (C=O) groups is 3. The van der Waals surface area contributed by atoms with Crippen molar-refractivity contribution >= 4 is 40.7 Å². The number of anilines is 2. The monoisotopic (exact) mass is 408 g/mol.